The molecule has 1 aromatic heterocycles. The molecule has 3 heteroatoms. The molecule has 0 unspecified atom stereocenters. The van der Waals surface area contributed by atoms with Gasteiger partial charge >= 0.3 is 0 Å². The molecule has 0 aliphatic carbocycles. The van der Waals surface area contributed by atoms with Gasteiger partial charge in [-0.15, -0.1) is 0 Å². The zero-order valence-electron chi connectivity index (χ0n) is 10.2. The van der Waals surface area contributed by atoms with Gasteiger partial charge in [-0.05, 0) is 17.7 Å². The fraction of sp³-hybridized carbons (Fsp3) is 0.0625. The maximum absolute atomic E-state index is 13.8. The van der Waals surface area contributed by atoms with Gasteiger partial charge < -0.3 is 4.74 Å². The van der Waals surface area contributed by atoms with Crippen LogP contribution in [0.4, 0.5) is 4.39 Å². The summed E-state index contributed by atoms with van der Waals surface area (Å²) < 4.78 is 19.3. The Morgan fingerprint density at radius 2 is 1.68 bits per heavy atom. The van der Waals surface area contributed by atoms with E-state index in [-0.39, 0.29) is 5.88 Å². The van der Waals surface area contributed by atoms with Crippen molar-refractivity contribution in [3.05, 3.63) is 72.0 Å². The van der Waals surface area contributed by atoms with Crippen molar-refractivity contribution in [2.75, 3.05) is 0 Å². The van der Waals surface area contributed by atoms with Crippen LogP contribution in [-0.2, 0) is 6.61 Å². The number of ether oxygens (including phenoxy) is 1. The Morgan fingerprint density at radius 3 is 2.53 bits per heavy atom. The zero-order chi connectivity index (χ0) is 13.1. The fourth-order valence-corrected chi connectivity index (χ4v) is 1.90. The van der Waals surface area contributed by atoms with E-state index in [1.807, 2.05) is 54.6 Å². The van der Waals surface area contributed by atoms with Crippen LogP contribution in [0.25, 0.3) is 10.9 Å². The van der Waals surface area contributed by atoms with Gasteiger partial charge in [0.05, 0.1) is 5.52 Å². The van der Waals surface area contributed by atoms with Crippen molar-refractivity contribution in [3.8, 4) is 5.88 Å². The van der Waals surface area contributed by atoms with E-state index < -0.39 is 5.82 Å². The second-order valence-corrected chi connectivity index (χ2v) is 4.24. The van der Waals surface area contributed by atoms with Crippen LogP contribution < -0.4 is 4.74 Å². The molecule has 19 heavy (non-hydrogen) atoms. The second kappa shape index (κ2) is 5.06. The number of hydrogen-bond donors (Lipinski definition) is 0. The van der Waals surface area contributed by atoms with Crippen LogP contribution in [0.5, 0.6) is 5.88 Å². The number of hydrogen-bond acceptors (Lipinski definition) is 2. The number of halogens is 1. The van der Waals surface area contributed by atoms with E-state index in [2.05, 4.69) is 4.98 Å². The molecule has 0 saturated heterocycles. The molecule has 94 valence electrons. The molecule has 1 heterocycles. The fourth-order valence-electron chi connectivity index (χ4n) is 1.90. The van der Waals surface area contributed by atoms with E-state index >= 15 is 0 Å². The van der Waals surface area contributed by atoms with Gasteiger partial charge in [-0.2, -0.15) is 0 Å². The monoisotopic (exact) mass is 253 g/mol. The van der Waals surface area contributed by atoms with Crippen molar-refractivity contribution in [1.29, 1.82) is 0 Å². The smallest absolute Gasteiger partial charge is 0.251 e. The minimum absolute atomic E-state index is 0.0440. The Morgan fingerprint density at radius 1 is 0.947 bits per heavy atom. The summed E-state index contributed by atoms with van der Waals surface area (Å²) >= 11 is 0. The normalized spacial score (nSPS) is 10.6. The van der Waals surface area contributed by atoms with Crippen molar-refractivity contribution >= 4 is 10.9 Å². The van der Waals surface area contributed by atoms with Crippen LogP contribution >= 0.6 is 0 Å². The second-order valence-electron chi connectivity index (χ2n) is 4.24. The molecule has 0 saturated carbocycles. The van der Waals surface area contributed by atoms with Crippen molar-refractivity contribution in [2.24, 2.45) is 0 Å². The van der Waals surface area contributed by atoms with Gasteiger partial charge in [0.2, 0.25) is 0 Å². The lowest BCUT2D eigenvalue weighted by Gasteiger charge is -2.07. The molecule has 0 fully saturated rings. The van der Waals surface area contributed by atoms with Crippen molar-refractivity contribution in [1.82, 2.24) is 4.98 Å². The number of aromatic nitrogens is 1. The molecular formula is C16H12FNO. The highest BCUT2D eigenvalue weighted by Gasteiger charge is 2.07. The minimum atomic E-state index is -0.436. The maximum atomic E-state index is 13.8. The summed E-state index contributed by atoms with van der Waals surface area (Å²) in [6, 6.07) is 18.5. The molecule has 0 amide bonds. The lowest BCUT2D eigenvalue weighted by molar-refractivity contribution is 0.278. The first-order valence-electron chi connectivity index (χ1n) is 6.05. The highest BCUT2D eigenvalue weighted by molar-refractivity contribution is 5.79. The summed E-state index contributed by atoms with van der Waals surface area (Å²) in [6.45, 7) is 0.309. The molecule has 0 N–H and O–H groups in total. The highest BCUT2D eigenvalue weighted by Crippen LogP contribution is 2.21. The third-order valence-corrected chi connectivity index (χ3v) is 2.86. The number of pyridine rings is 1. The van der Waals surface area contributed by atoms with Crippen LogP contribution in [0.15, 0.2) is 60.7 Å². The Labute approximate surface area is 110 Å². The molecule has 0 bridgehead atoms. The van der Waals surface area contributed by atoms with Crippen molar-refractivity contribution in [2.45, 2.75) is 6.61 Å². The largest absolute Gasteiger partial charge is 0.471 e. The standard InChI is InChI=1S/C16H12FNO/c17-14-10-13-8-4-5-9-15(13)18-16(14)19-11-12-6-2-1-3-7-12/h1-10H,11H2. The summed E-state index contributed by atoms with van der Waals surface area (Å²) in [4.78, 5) is 4.19. The first-order valence-corrected chi connectivity index (χ1v) is 6.05. The molecule has 2 aromatic carbocycles. The summed E-state index contributed by atoms with van der Waals surface area (Å²) in [7, 11) is 0. The lowest BCUT2D eigenvalue weighted by Crippen LogP contribution is -1.99. The number of benzene rings is 2. The number of nitrogens with zero attached hydrogens (tertiary/aromatic N) is 1. The molecule has 2 nitrogen and oxygen atoms in total. The predicted molar refractivity (Wildman–Crippen MR) is 72.5 cm³/mol. The van der Waals surface area contributed by atoms with Crippen molar-refractivity contribution in [3.63, 3.8) is 0 Å². The lowest BCUT2D eigenvalue weighted by atomic mass is 10.2. The molecule has 0 atom stereocenters. The Kier molecular flexibility index (Phi) is 3.11. The van der Waals surface area contributed by atoms with Gasteiger partial charge in [-0.1, -0.05) is 48.5 Å². The van der Waals surface area contributed by atoms with E-state index in [0.717, 1.165) is 16.5 Å². The van der Waals surface area contributed by atoms with Crippen LogP contribution in [0.3, 0.4) is 0 Å². The van der Waals surface area contributed by atoms with E-state index in [9.17, 15) is 4.39 Å². The first-order chi connectivity index (χ1) is 9.33. The van der Waals surface area contributed by atoms with Gasteiger partial charge in [-0.3, -0.25) is 0 Å². The number of para-hydroxylation sites is 1. The zero-order valence-corrected chi connectivity index (χ0v) is 10.2. The van der Waals surface area contributed by atoms with Crippen LogP contribution in [0, 0.1) is 5.82 Å². The maximum Gasteiger partial charge on any atom is 0.251 e. The Bertz CT molecular complexity index is 697. The first kappa shape index (κ1) is 11.7. The van der Waals surface area contributed by atoms with E-state index in [4.69, 9.17) is 4.74 Å². The summed E-state index contributed by atoms with van der Waals surface area (Å²) in [6.07, 6.45) is 0. The topological polar surface area (TPSA) is 22.1 Å². The molecule has 0 spiro atoms. The Hall–Kier alpha value is -2.42. The predicted octanol–water partition coefficient (Wildman–Crippen LogP) is 3.95. The van der Waals surface area contributed by atoms with Gasteiger partial charge in [0, 0.05) is 5.39 Å². The highest BCUT2D eigenvalue weighted by atomic mass is 19.1. The summed E-state index contributed by atoms with van der Waals surface area (Å²) in [5, 5.41) is 0.770. The molecule has 0 aliphatic heterocycles. The molecular weight excluding hydrogens is 241 g/mol. The average molecular weight is 253 g/mol. The summed E-state index contributed by atoms with van der Waals surface area (Å²) in [5.74, 6) is -0.391. The summed E-state index contributed by atoms with van der Waals surface area (Å²) in [5.41, 5.74) is 1.71. The molecule has 3 aromatic rings. The van der Waals surface area contributed by atoms with E-state index in [1.165, 1.54) is 6.07 Å². The molecule has 0 radical (unpaired) electrons. The SMILES string of the molecule is Fc1cc2ccccc2nc1OCc1ccccc1. The quantitative estimate of drug-likeness (QED) is 0.705. The van der Waals surface area contributed by atoms with Crippen LogP contribution in [0.1, 0.15) is 5.56 Å². The van der Waals surface area contributed by atoms with Gasteiger partial charge in [0.1, 0.15) is 6.61 Å². The van der Waals surface area contributed by atoms with Gasteiger partial charge in [-0.25, -0.2) is 9.37 Å². The van der Waals surface area contributed by atoms with Gasteiger partial charge in [0.15, 0.2) is 5.82 Å². The third kappa shape index (κ3) is 2.55. The van der Waals surface area contributed by atoms with E-state index in [0.29, 0.717) is 6.61 Å². The number of fused-ring (bicyclic) bond motifs is 1. The Balaban J connectivity index is 1.86. The average Bonchev–Trinajstić information content (AvgIpc) is 2.46. The molecule has 0 aliphatic rings. The third-order valence-electron chi connectivity index (χ3n) is 2.86. The van der Waals surface area contributed by atoms with Gasteiger partial charge in [0.25, 0.3) is 5.88 Å². The number of rotatable bonds is 3. The van der Waals surface area contributed by atoms with Crippen LogP contribution in [0.2, 0.25) is 0 Å². The molecule has 3 rings (SSSR count). The minimum Gasteiger partial charge on any atom is -0.471 e. The van der Waals surface area contributed by atoms with Crippen LogP contribution in [-0.4, -0.2) is 4.98 Å². The van der Waals surface area contributed by atoms with E-state index in [1.54, 1.807) is 0 Å². The van der Waals surface area contributed by atoms with Crippen molar-refractivity contribution < 1.29 is 9.13 Å².